The molecule has 1 atom stereocenters. The molecule has 0 spiro atoms. The zero-order valence-electron chi connectivity index (χ0n) is 11.2. The Balaban J connectivity index is 2.50. The second kappa shape index (κ2) is 6.00. The minimum Gasteiger partial charge on any atom is -0.306 e. The van der Waals surface area contributed by atoms with Crippen LogP contribution in [0.25, 0.3) is 5.65 Å². The van der Waals surface area contributed by atoms with Crippen LogP contribution in [-0.4, -0.2) is 35.9 Å². The third-order valence-corrected chi connectivity index (χ3v) is 5.10. The van der Waals surface area contributed by atoms with Crippen molar-refractivity contribution in [2.45, 2.75) is 18.0 Å². The number of fused-ring (bicyclic) bond motifs is 1. The van der Waals surface area contributed by atoms with Crippen LogP contribution in [0.4, 0.5) is 5.82 Å². The number of nitrogens with zero attached hydrogens (tertiary/aromatic N) is 2. The van der Waals surface area contributed by atoms with Crippen LogP contribution in [0.15, 0.2) is 29.4 Å². The number of hydrazine groups is 1. The largest absolute Gasteiger partial charge is 0.306 e. The Morgan fingerprint density at radius 3 is 2.90 bits per heavy atom. The minimum atomic E-state index is -3.71. The van der Waals surface area contributed by atoms with E-state index in [9.17, 15) is 8.42 Å². The quantitative estimate of drug-likeness (QED) is 0.534. The summed E-state index contributed by atoms with van der Waals surface area (Å²) in [6.45, 7) is 1.81. The van der Waals surface area contributed by atoms with E-state index in [-0.39, 0.29) is 16.9 Å². The van der Waals surface area contributed by atoms with Gasteiger partial charge in [-0.05, 0) is 25.3 Å². The van der Waals surface area contributed by atoms with Gasteiger partial charge in [0.05, 0.1) is 0 Å². The molecule has 0 aromatic carbocycles. The van der Waals surface area contributed by atoms with Crippen molar-refractivity contribution in [2.75, 3.05) is 17.4 Å². The van der Waals surface area contributed by atoms with E-state index in [1.807, 2.05) is 13.2 Å². The molecule has 0 fully saturated rings. The lowest BCUT2D eigenvalue weighted by atomic mass is 10.4. The third kappa shape index (κ3) is 2.90. The Hall–Kier alpha value is -1.29. The van der Waals surface area contributed by atoms with Gasteiger partial charge in [0.2, 0.25) is 0 Å². The number of hydrogen-bond acceptors (Lipinski definition) is 6. The Morgan fingerprint density at radius 1 is 1.50 bits per heavy atom. The second-order valence-corrected chi connectivity index (χ2v) is 6.86. The van der Waals surface area contributed by atoms with Crippen LogP contribution < -0.4 is 16.0 Å². The van der Waals surface area contributed by atoms with E-state index < -0.39 is 10.0 Å². The fourth-order valence-corrected chi connectivity index (χ4v) is 4.11. The number of nitrogens with two attached hydrogens (primary N) is 1. The summed E-state index contributed by atoms with van der Waals surface area (Å²) in [5.41, 5.74) is 2.85. The molecule has 0 bridgehead atoms. The van der Waals surface area contributed by atoms with Crippen LogP contribution in [0, 0.1) is 0 Å². The van der Waals surface area contributed by atoms with Gasteiger partial charge in [0.1, 0.15) is 5.65 Å². The molecule has 9 heteroatoms. The highest BCUT2D eigenvalue weighted by Gasteiger charge is 2.26. The maximum Gasteiger partial charge on any atom is 0.260 e. The summed E-state index contributed by atoms with van der Waals surface area (Å²) in [5.74, 6) is 6.19. The fourth-order valence-electron chi connectivity index (χ4n) is 1.93. The van der Waals surface area contributed by atoms with E-state index in [4.69, 9.17) is 5.84 Å². The van der Waals surface area contributed by atoms with Crippen LogP contribution in [0.3, 0.4) is 0 Å². The van der Waals surface area contributed by atoms with Gasteiger partial charge in [-0.25, -0.2) is 24.0 Å². The molecule has 0 aliphatic rings. The van der Waals surface area contributed by atoms with Crippen molar-refractivity contribution in [1.82, 2.24) is 14.1 Å². The molecule has 0 aliphatic carbocycles. The zero-order chi connectivity index (χ0) is 14.8. The lowest BCUT2D eigenvalue weighted by molar-refractivity contribution is 0.566. The van der Waals surface area contributed by atoms with Crippen LogP contribution >= 0.6 is 11.8 Å². The van der Waals surface area contributed by atoms with Gasteiger partial charge in [-0.15, -0.1) is 0 Å². The molecule has 0 amide bonds. The van der Waals surface area contributed by atoms with E-state index in [1.165, 1.54) is 4.40 Å². The number of sulfonamides is 1. The number of aromatic nitrogens is 2. The molecule has 1 unspecified atom stereocenters. The van der Waals surface area contributed by atoms with Gasteiger partial charge in [0.15, 0.2) is 10.8 Å². The second-order valence-electron chi connectivity index (χ2n) is 4.32. The van der Waals surface area contributed by atoms with Crippen molar-refractivity contribution in [3.8, 4) is 0 Å². The molecule has 2 rings (SSSR count). The Kier molecular flexibility index (Phi) is 4.53. The Morgan fingerprint density at radius 2 is 2.25 bits per heavy atom. The van der Waals surface area contributed by atoms with Crippen molar-refractivity contribution in [1.29, 1.82) is 0 Å². The molecule has 20 heavy (non-hydrogen) atoms. The molecule has 0 saturated carbocycles. The smallest absolute Gasteiger partial charge is 0.260 e. The standard InChI is InChI=1S/C11H17N5O2S2/c1-8(7-19-2)15-20(17,18)11-10(14-12)13-9-5-3-4-6-16(9)11/h3-6,8,14-15H,7,12H2,1-2H3. The first kappa shape index (κ1) is 15.1. The number of imidazole rings is 1. The number of anilines is 1. The monoisotopic (exact) mass is 315 g/mol. The maximum atomic E-state index is 12.5. The normalized spacial score (nSPS) is 13.6. The number of hydrogen-bond donors (Lipinski definition) is 3. The summed E-state index contributed by atoms with van der Waals surface area (Å²) < 4.78 is 29.1. The predicted octanol–water partition coefficient (Wildman–Crippen LogP) is 0.650. The van der Waals surface area contributed by atoms with E-state index in [0.29, 0.717) is 11.4 Å². The molecule has 110 valence electrons. The van der Waals surface area contributed by atoms with E-state index >= 15 is 0 Å². The Labute approximate surface area is 122 Å². The third-order valence-electron chi connectivity index (χ3n) is 2.65. The predicted molar refractivity (Wildman–Crippen MR) is 81.2 cm³/mol. The SMILES string of the molecule is CSCC(C)NS(=O)(=O)c1c(NN)nc2ccccn12. The summed E-state index contributed by atoms with van der Waals surface area (Å²) in [4.78, 5) is 4.15. The lowest BCUT2D eigenvalue weighted by Crippen LogP contribution is -2.35. The highest BCUT2D eigenvalue weighted by atomic mass is 32.2. The molecule has 7 nitrogen and oxygen atoms in total. The number of thioether (sulfide) groups is 1. The molecule has 2 aromatic heterocycles. The van der Waals surface area contributed by atoms with Crippen molar-refractivity contribution in [3.05, 3.63) is 24.4 Å². The minimum absolute atomic E-state index is 0.0172. The van der Waals surface area contributed by atoms with Crippen LogP contribution in [0.2, 0.25) is 0 Å². The maximum absolute atomic E-state index is 12.5. The molecule has 4 N–H and O–H groups in total. The molecule has 2 heterocycles. The molecule has 2 aromatic rings. The number of nitrogen functional groups attached to an aromatic ring is 1. The Bertz CT molecular complexity index is 698. The topological polar surface area (TPSA) is 102 Å². The number of pyridine rings is 1. The zero-order valence-corrected chi connectivity index (χ0v) is 12.8. The first-order valence-corrected chi connectivity index (χ1v) is 8.82. The highest BCUT2D eigenvalue weighted by molar-refractivity contribution is 7.98. The van der Waals surface area contributed by atoms with Crippen molar-refractivity contribution in [3.63, 3.8) is 0 Å². The van der Waals surface area contributed by atoms with Crippen LogP contribution in [-0.2, 0) is 10.0 Å². The summed E-state index contributed by atoms with van der Waals surface area (Å²) in [7, 11) is -3.71. The van der Waals surface area contributed by atoms with Gasteiger partial charge >= 0.3 is 0 Å². The van der Waals surface area contributed by atoms with Crippen LogP contribution in [0.1, 0.15) is 6.92 Å². The summed E-state index contributed by atoms with van der Waals surface area (Å²) in [6, 6.07) is 5.04. The van der Waals surface area contributed by atoms with Gasteiger partial charge in [0, 0.05) is 18.0 Å². The molecule has 0 radical (unpaired) electrons. The van der Waals surface area contributed by atoms with E-state index in [0.717, 1.165) is 0 Å². The van der Waals surface area contributed by atoms with Crippen molar-refractivity contribution >= 4 is 33.3 Å². The summed E-state index contributed by atoms with van der Waals surface area (Å²) in [5, 5.41) is 0.0172. The van der Waals surface area contributed by atoms with Crippen LogP contribution in [0.5, 0.6) is 0 Å². The van der Waals surface area contributed by atoms with Crippen molar-refractivity contribution in [2.24, 2.45) is 5.84 Å². The molecule has 0 aliphatic heterocycles. The molecular formula is C11H17N5O2S2. The van der Waals surface area contributed by atoms with E-state index in [2.05, 4.69) is 15.1 Å². The molecular weight excluding hydrogens is 298 g/mol. The van der Waals surface area contributed by atoms with Gasteiger partial charge in [-0.1, -0.05) is 6.07 Å². The highest BCUT2D eigenvalue weighted by Crippen LogP contribution is 2.22. The van der Waals surface area contributed by atoms with Gasteiger partial charge in [-0.3, -0.25) is 4.40 Å². The molecule has 0 saturated heterocycles. The number of rotatable bonds is 6. The van der Waals surface area contributed by atoms with Gasteiger partial charge in [-0.2, -0.15) is 11.8 Å². The number of nitrogens with one attached hydrogen (secondary N) is 2. The fraction of sp³-hybridized carbons (Fsp3) is 0.364. The first-order chi connectivity index (χ1) is 9.49. The first-order valence-electron chi connectivity index (χ1n) is 5.94. The van der Waals surface area contributed by atoms with E-state index in [1.54, 1.807) is 36.2 Å². The average molecular weight is 315 g/mol. The summed E-state index contributed by atoms with van der Waals surface area (Å²) >= 11 is 1.57. The summed E-state index contributed by atoms with van der Waals surface area (Å²) in [6.07, 6.45) is 3.56. The van der Waals surface area contributed by atoms with Crippen molar-refractivity contribution < 1.29 is 8.42 Å². The lowest BCUT2D eigenvalue weighted by Gasteiger charge is -2.13. The van der Waals surface area contributed by atoms with Gasteiger partial charge < -0.3 is 5.43 Å². The average Bonchev–Trinajstić information content (AvgIpc) is 2.77. The van der Waals surface area contributed by atoms with Gasteiger partial charge in [0.25, 0.3) is 10.0 Å².